The zero-order valence-corrected chi connectivity index (χ0v) is 13.5. The molecule has 23 heavy (non-hydrogen) atoms. The molecule has 2 aromatic rings. The number of rotatable bonds is 3. The molecule has 0 saturated carbocycles. The highest BCUT2D eigenvalue weighted by Gasteiger charge is 2.36. The number of carbonyl (C=O) groups is 1. The van der Waals surface area contributed by atoms with Crippen LogP contribution in [-0.4, -0.2) is 41.3 Å². The van der Waals surface area contributed by atoms with Gasteiger partial charge in [-0.2, -0.15) is 0 Å². The van der Waals surface area contributed by atoms with Crippen LogP contribution < -0.4 is 5.32 Å². The molecule has 4 rings (SSSR count). The van der Waals surface area contributed by atoms with Crippen molar-refractivity contribution in [3.8, 4) is 0 Å². The highest BCUT2D eigenvalue weighted by atomic mass is 16.1. The Morgan fingerprint density at radius 3 is 2.78 bits per heavy atom. The minimum absolute atomic E-state index is 0.0868. The Bertz CT molecular complexity index is 856. The summed E-state index contributed by atoms with van der Waals surface area (Å²) in [6.45, 7) is 1.71. The predicted molar refractivity (Wildman–Crippen MR) is 90.3 cm³/mol. The molecule has 4 nitrogen and oxygen atoms in total. The lowest BCUT2D eigenvalue weighted by Gasteiger charge is -2.19. The third-order valence-electron chi connectivity index (χ3n) is 4.75. The van der Waals surface area contributed by atoms with Gasteiger partial charge in [-0.3, -0.25) is 4.79 Å². The largest absolute Gasteiger partial charge is 0.385 e. The summed E-state index contributed by atoms with van der Waals surface area (Å²) >= 11 is 0. The molecule has 1 N–H and O–H groups in total. The maximum absolute atomic E-state index is 12.9. The Balaban J connectivity index is 1.88. The second kappa shape index (κ2) is 5.23. The summed E-state index contributed by atoms with van der Waals surface area (Å²) in [4.78, 5) is 12.9. The van der Waals surface area contributed by atoms with Crippen LogP contribution in [0.15, 0.2) is 48.3 Å². The molecule has 0 amide bonds. The van der Waals surface area contributed by atoms with Gasteiger partial charge in [0.15, 0.2) is 0 Å². The molecule has 0 spiro atoms. The normalized spacial score (nSPS) is 16.3. The van der Waals surface area contributed by atoms with Gasteiger partial charge in [0.2, 0.25) is 11.5 Å². The quantitative estimate of drug-likeness (QED) is 0.878. The summed E-state index contributed by atoms with van der Waals surface area (Å²) in [7, 11) is 3.90. The molecule has 2 aliphatic rings. The van der Waals surface area contributed by atoms with E-state index in [9.17, 15) is 4.79 Å². The number of nitrogens with zero attached hydrogens (tertiary/aromatic N) is 2. The number of nitrogens with one attached hydrogen (secondary N) is 1. The van der Waals surface area contributed by atoms with Crippen molar-refractivity contribution in [2.45, 2.75) is 13.0 Å². The third-order valence-corrected chi connectivity index (χ3v) is 4.75. The molecule has 1 aliphatic carbocycles. The van der Waals surface area contributed by atoms with Crippen LogP contribution in [0.2, 0.25) is 0 Å². The summed E-state index contributed by atoms with van der Waals surface area (Å²) in [6.07, 6.45) is 5.13. The number of hydrogen-bond acceptors (Lipinski definition) is 2. The molecule has 2 heterocycles. The molecule has 4 heteroatoms. The number of likely N-dealkylation sites (N-methyl/N-ethyl adjacent to an activating group) is 2. The van der Waals surface area contributed by atoms with E-state index in [0.717, 1.165) is 36.5 Å². The van der Waals surface area contributed by atoms with Gasteiger partial charge in [-0.1, -0.05) is 30.3 Å². The van der Waals surface area contributed by atoms with Gasteiger partial charge in [0.05, 0.1) is 11.3 Å². The van der Waals surface area contributed by atoms with Gasteiger partial charge in [0, 0.05) is 32.3 Å². The molecule has 1 aliphatic heterocycles. The Morgan fingerprint density at radius 2 is 2.04 bits per heavy atom. The first-order valence-corrected chi connectivity index (χ1v) is 7.97. The maximum Gasteiger partial charge on any atom is 0.226 e. The average Bonchev–Trinajstić information content (AvgIpc) is 2.93. The van der Waals surface area contributed by atoms with Gasteiger partial charge >= 0.3 is 0 Å². The molecule has 0 fully saturated rings. The zero-order valence-electron chi connectivity index (χ0n) is 13.5. The average molecular weight is 306 g/mol. The van der Waals surface area contributed by atoms with Crippen LogP contribution in [0.3, 0.4) is 0 Å². The summed E-state index contributed by atoms with van der Waals surface area (Å²) in [5.74, 6) is 0.0868. The molecular weight excluding hydrogens is 286 g/mol. The number of aromatic nitrogens is 1. The Hall–Kier alpha value is -2.62. The van der Waals surface area contributed by atoms with Crippen molar-refractivity contribution >= 4 is 11.5 Å². The standard InChI is InChI=1S/C19H19N3O/c1-20-15-10-16-17-14(8-9-21(16)2)12-22(18(17)19(15)23)11-13-6-4-3-5-7-13/h3-7,10,12H,8-9,11H2,1-2H3/p+1. The first-order valence-electron chi connectivity index (χ1n) is 7.97. The molecular formula is C19H20N3O+. The predicted octanol–water partition coefficient (Wildman–Crippen LogP) is 1.82. The van der Waals surface area contributed by atoms with Crippen molar-refractivity contribution in [3.05, 3.63) is 70.7 Å². The first-order chi connectivity index (χ1) is 11.2. The van der Waals surface area contributed by atoms with Crippen molar-refractivity contribution < 1.29 is 9.37 Å². The smallest absolute Gasteiger partial charge is 0.226 e. The molecule has 0 bridgehead atoms. The molecule has 1 aromatic heterocycles. The topological polar surface area (TPSA) is 37.0 Å². The molecule has 116 valence electrons. The number of ketones is 1. The van der Waals surface area contributed by atoms with E-state index in [1.165, 1.54) is 11.1 Å². The van der Waals surface area contributed by atoms with Crippen LogP contribution in [0.1, 0.15) is 27.2 Å². The van der Waals surface area contributed by atoms with Crippen molar-refractivity contribution in [3.63, 3.8) is 0 Å². The third kappa shape index (κ3) is 2.13. The van der Waals surface area contributed by atoms with Gasteiger partial charge in [0.1, 0.15) is 19.3 Å². The van der Waals surface area contributed by atoms with Crippen molar-refractivity contribution in [2.75, 3.05) is 20.6 Å². The number of benzene rings is 1. The fourth-order valence-electron chi connectivity index (χ4n) is 3.53. The number of allylic oxidation sites excluding steroid dienone is 2. The van der Waals surface area contributed by atoms with E-state index < -0.39 is 0 Å². The van der Waals surface area contributed by atoms with Gasteiger partial charge in [-0.15, -0.1) is 0 Å². The van der Waals surface area contributed by atoms with Crippen LogP contribution in [0.4, 0.5) is 0 Å². The molecule has 0 radical (unpaired) electrons. The van der Waals surface area contributed by atoms with Gasteiger partial charge in [-0.25, -0.2) is 4.58 Å². The lowest BCUT2D eigenvalue weighted by atomic mass is 9.92. The maximum atomic E-state index is 12.9. The van der Waals surface area contributed by atoms with Crippen LogP contribution in [0, 0.1) is 0 Å². The summed E-state index contributed by atoms with van der Waals surface area (Å²) < 4.78 is 4.36. The molecule has 0 unspecified atom stereocenters. The zero-order chi connectivity index (χ0) is 16.0. The van der Waals surface area contributed by atoms with E-state index in [-0.39, 0.29) is 5.78 Å². The second-order valence-corrected chi connectivity index (χ2v) is 6.19. The van der Waals surface area contributed by atoms with E-state index in [2.05, 4.69) is 39.8 Å². The summed E-state index contributed by atoms with van der Waals surface area (Å²) in [6, 6.07) is 10.3. The van der Waals surface area contributed by atoms with E-state index in [1.54, 1.807) is 0 Å². The lowest BCUT2D eigenvalue weighted by Crippen LogP contribution is -2.33. The number of hydrogen-bond donors (Lipinski definition) is 1. The minimum atomic E-state index is 0.0868. The summed E-state index contributed by atoms with van der Waals surface area (Å²) in [5, 5.41) is 3.05. The Labute approximate surface area is 135 Å². The molecule has 1 aromatic carbocycles. The van der Waals surface area contributed by atoms with Crippen LogP contribution in [0.5, 0.6) is 0 Å². The van der Waals surface area contributed by atoms with Crippen LogP contribution >= 0.6 is 0 Å². The summed E-state index contributed by atoms with van der Waals surface area (Å²) in [5.41, 5.74) is 6.25. The molecule has 0 atom stereocenters. The van der Waals surface area contributed by atoms with E-state index >= 15 is 0 Å². The number of Topliss-reactive ketones (excluding diaryl/α,β-unsaturated/α-hetero) is 1. The molecule has 0 saturated heterocycles. The van der Waals surface area contributed by atoms with Crippen molar-refractivity contribution in [1.82, 2.24) is 9.88 Å². The Morgan fingerprint density at radius 1 is 1.26 bits per heavy atom. The monoisotopic (exact) mass is 306 g/mol. The van der Waals surface area contributed by atoms with Gasteiger partial charge in [-0.05, 0) is 11.1 Å². The van der Waals surface area contributed by atoms with Crippen LogP contribution in [0.25, 0.3) is 0 Å². The fraction of sp³-hybridized carbons (Fsp3) is 0.263. The number of carbonyl (C=O) groups excluding carboxylic acids is 1. The lowest BCUT2D eigenvalue weighted by molar-refractivity contribution is -0.497. The SMILES string of the molecule is CNC1=CC2=[N+](C)CCc3cn(Cc4ccccc4)c(c32)C1=O. The van der Waals surface area contributed by atoms with Gasteiger partial charge in [0.25, 0.3) is 0 Å². The van der Waals surface area contributed by atoms with Crippen LogP contribution in [-0.2, 0) is 13.0 Å². The second-order valence-electron chi connectivity index (χ2n) is 6.19. The first kappa shape index (κ1) is 14.0. The van der Waals surface area contributed by atoms with Gasteiger partial charge < -0.3 is 9.88 Å². The minimum Gasteiger partial charge on any atom is -0.385 e. The van der Waals surface area contributed by atoms with E-state index in [1.807, 2.05) is 31.3 Å². The van der Waals surface area contributed by atoms with E-state index in [4.69, 9.17) is 0 Å². The highest BCUT2D eigenvalue weighted by Crippen LogP contribution is 2.29. The highest BCUT2D eigenvalue weighted by molar-refractivity contribution is 6.24. The fourth-order valence-corrected chi connectivity index (χ4v) is 3.53. The Kier molecular flexibility index (Phi) is 3.18. The van der Waals surface area contributed by atoms with Crippen molar-refractivity contribution in [2.24, 2.45) is 0 Å². The van der Waals surface area contributed by atoms with E-state index in [0.29, 0.717) is 5.70 Å². The van der Waals surface area contributed by atoms with Crippen molar-refractivity contribution in [1.29, 1.82) is 0 Å².